The van der Waals surface area contributed by atoms with E-state index in [1.807, 2.05) is 6.07 Å². The van der Waals surface area contributed by atoms with E-state index in [0.29, 0.717) is 31.3 Å². The molecule has 1 radical (unpaired) electrons. The van der Waals surface area contributed by atoms with E-state index in [0.717, 1.165) is 4.47 Å². The van der Waals surface area contributed by atoms with Crippen LogP contribution in [0.5, 0.6) is 11.5 Å². The number of ether oxygens (including phenoxy) is 2. The van der Waals surface area contributed by atoms with E-state index >= 15 is 0 Å². The zero-order valence-electron chi connectivity index (χ0n) is 12.2. The first-order chi connectivity index (χ1) is 9.17. The fourth-order valence-corrected chi connectivity index (χ4v) is 4.39. The Balaban J connectivity index is 0.00000200. The first kappa shape index (κ1) is 18.0. The van der Waals surface area contributed by atoms with Gasteiger partial charge >= 0.3 is 0 Å². The summed E-state index contributed by atoms with van der Waals surface area (Å²) in [6.07, 6.45) is 4.83. The molecule has 0 aromatic heterocycles. The summed E-state index contributed by atoms with van der Waals surface area (Å²) in [5.74, 6) is 1.17. The van der Waals surface area contributed by atoms with Crippen LogP contribution >= 0.6 is 24.5 Å². The van der Waals surface area contributed by atoms with Crippen LogP contribution in [0.25, 0.3) is 0 Å². The molecular formula is C14H18BrLiO3P. The van der Waals surface area contributed by atoms with E-state index in [2.05, 4.69) is 15.9 Å². The van der Waals surface area contributed by atoms with Crippen LogP contribution in [0.4, 0.5) is 0 Å². The van der Waals surface area contributed by atoms with Crippen LogP contribution in [0.15, 0.2) is 16.6 Å². The summed E-state index contributed by atoms with van der Waals surface area (Å²) < 4.78 is 11.5. The Labute approximate surface area is 142 Å². The van der Waals surface area contributed by atoms with Gasteiger partial charge in [0.2, 0.25) is 0 Å². The maximum Gasteiger partial charge on any atom is 0.188 e. The molecule has 1 unspecified atom stereocenters. The quantitative estimate of drug-likeness (QED) is 0.597. The third-order valence-corrected chi connectivity index (χ3v) is 5.54. The minimum atomic E-state index is 0. The van der Waals surface area contributed by atoms with E-state index in [1.165, 1.54) is 25.7 Å². The average Bonchev–Trinajstić information content (AvgIpc) is 2.91. The molecule has 3 nitrogen and oxygen atoms in total. The molecule has 1 fully saturated rings. The van der Waals surface area contributed by atoms with Gasteiger partial charge in [-0.3, -0.25) is 4.79 Å². The normalized spacial score (nSPS) is 15.3. The van der Waals surface area contributed by atoms with Crippen molar-refractivity contribution in [3.8, 4) is 11.5 Å². The minimum absolute atomic E-state index is 0. The monoisotopic (exact) mass is 351 g/mol. The Morgan fingerprint density at radius 1 is 1.25 bits per heavy atom. The van der Waals surface area contributed by atoms with E-state index in [-0.39, 0.29) is 24.4 Å². The van der Waals surface area contributed by atoms with Crippen molar-refractivity contribution in [2.45, 2.75) is 31.3 Å². The Morgan fingerprint density at radius 2 is 1.90 bits per heavy atom. The van der Waals surface area contributed by atoms with Crippen LogP contribution < -0.4 is 9.47 Å². The van der Waals surface area contributed by atoms with Crippen LogP contribution in [0.2, 0.25) is 0 Å². The summed E-state index contributed by atoms with van der Waals surface area (Å²) in [6.45, 7) is 0. The van der Waals surface area contributed by atoms with Crippen molar-refractivity contribution in [2.75, 3.05) is 14.2 Å². The third kappa shape index (κ3) is 4.01. The SMILES string of the molecule is COc1ccc(Br)c(OC)c1C(=O)PC1CCCC1.[Li]. The Morgan fingerprint density at radius 3 is 2.45 bits per heavy atom. The molecule has 6 heteroatoms. The predicted molar refractivity (Wildman–Crippen MR) is 87.9 cm³/mol. The number of methoxy groups -OCH3 is 2. The van der Waals surface area contributed by atoms with Crippen LogP contribution in [0.1, 0.15) is 36.0 Å². The summed E-state index contributed by atoms with van der Waals surface area (Å²) in [6, 6.07) is 3.64. The number of carbonyl (C=O) groups is 1. The molecule has 1 aliphatic rings. The van der Waals surface area contributed by atoms with E-state index < -0.39 is 0 Å². The average molecular weight is 352 g/mol. The van der Waals surface area contributed by atoms with Crippen molar-refractivity contribution in [1.29, 1.82) is 0 Å². The van der Waals surface area contributed by atoms with Gasteiger partial charge in [0.25, 0.3) is 0 Å². The summed E-state index contributed by atoms with van der Waals surface area (Å²) >= 11 is 3.42. The molecule has 0 saturated heterocycles. The number of benzene rings is 1. The fourth-order valence-electron chi connectivity index (χ4n) is 2.45. The van der Waals surface area contributed by atoms with Gasteiger partial charge in [-0.05, 0) is 55.1 Å². The van der Waals surface area contributed by atoms with Gasteiger partial charge in [-0.15, -0.1) is 0 Å². The topological polar surface area (TPSA) is 35.5 Å². The molecule has 1 saturated carbocycles. The summed E-state index contributed by atoms with van der Waals surface area (Å²) in [5, 5.41) is 0. The largest absolute Gasteiger partial charge is 0.496 e. The molecule has 1 aliphatic carbocycles. The summed E-state index contributed by atoms with van der Waals surface area (Å²) in [7, 11) is 3.47. The second-order valence-electron chi connectivity index (χ2n) is 4.61. The van der Waals surface area contributed by atoms with Crippen LogP contribution in [-0.4, -0.2) is 44.3 Å². The Hall–Kier alpha value is -0.00260. The molecule has 0 N–H and O–H groups in total. The van der Waals surface area contributed by atoms with Crippen LogP contribution in [-0.2, 0) is 0 Å². The number of rotatable bonds is 5. The molecule has 1 aromatic rings. The van der Waals surface area contributed by atoms with Gasteiger partial charge < -0.3 is 9.47 Å². The van der Waals surface area contributed by atoms with E-state index in [1.54, 1.807) is 20.3 Å². The van der Waals surface area contributed by atoms with Crippen LogP contribution in [0.3, 0.4) is 0 Å². The third-order valence-electron chi connectivity index (χ3n) is 3.41. The van der Waals surface area contributed by atoms with Crippen molar-refractivity contribution >= 4 is 48.9 Å². The van der Waals surface area contributed by atoms with Crippen molar-refractivity contribution in [3.05, 3.63) is 22.2 Å². The molecule has 1 aromatic carbocycles. The van der Waals surface area contributed by atoms with Gasteiger partial charge in [0, 0.05) is 18.9 Å². The maximum absolute atomic E-state index is 12.5. The van der Waals surface area contributed by atoms with Gasteiger partial charge in [-0.25, -0.2) is 0 Å². The molecule has 0 aliphatic heterocycles. The molecule has 0 amide bonds. The molecule has 20 heavy (non-hydrogen) atoms. The van der Waals surface area contributed by atoms with Crippen molar-refractivity contribution < 1.29 is 14.3 Å². The second kappa shape index (κ2) is 8.44. The molecule has 2 rings (SSSR count). The maximum atomic E-state index is 12.5. The predicted octanol–water partition coefficient (Wildman–Crippen LogP) is 3.85. The van der Waals surface area contributed by atoms with Gasteiger partial charge in [0.05, 0.1) is 18.7 Å². The van der Waals surface area contributed by atoms with E-state index in [4.69, 9.17) is 9.47 Å². The molecule has 0 bridgehead atoms. The summed E-state index contributed by atoms with van der Waals surface area (Å²) in [5.41, 5.74) is 1.26. The van der Waals surface area contributed by atoms with Crippen molar-refractivity contribution in [3.63, 3.8) is 0 Å². The minimum Gasteiger partial charge on any atom is -0.496 e. The molecule has 105 valence electrons. The van der Waals surface area contributed by atoms with E-state index in [9.17, 15) is 4.79 Å². The molecular weight excluding hydrogens is 334 g/mol. The zero-order chi connectivity index (χ0) is 13.8. The smallest absolute Gasteiger partial charge is 0.188 e. The number of hydrogen-bond donors (Lipinski definition) is 0. The van der Waals surface area contributed by atoms with Crippen molar-refractivity contribution in [1.82, 2.24) is 0 Å². The molecule has 0 spiro atoms. The zero-order valence-corrected chi connectivity index (χ0v) is 14.7. The van der Waals surface area contributed by atoms with Gasteiger partial charge in [0.1, 0.15) is 17.1 Å². The van der Waals surface area contributed by atoms with Crippen LogP contribution in [0, 0.1) is 0 Å². The Bertz CT molecular complexity index is 476. The standard InChI is InChI=1S/C14H18BrO3P.Li/c1-17-11-8-7-10(15)13(18-2)12(11)14(16)19-9-5-3-4-6-9;/h7-9,19H,3-6H2,1-2H3;. The van der Waals surface area contributed by atoms with Gasteiger partial charge in [-0.1, -0.05) is 12.8 Å². The van der Waals surface area contributed by atoms with Crippen molar-refractivity contribution in [2.24, 2.45) is 0 Å². The number of halogens is 1. The number of hydrogen-bond acceptors (Lipinski definition) is 3. The Kier molecular flexibility index (Phi) is 7.62. The molecule has 0 heterocycles. The second-order valence-corrected chi connectivity index (χ2v) is 7.03. The van der Waals surface area contributed by atoms with Gasteiger partial charge in [0.15, 0.2) is 5.52 Å². The first-order valence-corrected chi connectivity index (χ1v) is 8.25. The number of carbonyl (C=O) groups excluding carboxylic acids is 1. The molecule has 1 atom stereocenters. The fraction of sp³-hybridized carbons (Fsp3) is 0.500. The summed E-state index contributed by atoms with van der Waals surface area (Å²) in [4.78, 5) is 12.5. The van der Waals surface area contributed by atoms with Gasteiger partial charge in [-0.2, -0.15) is 0 Å². The first-order valence-electron chi connectivity index (χ1n) is 6.38.